The predicted octanol–water partition coefficient (Wildman–Crippen LogP) is 1.91. The molecule has 0 radical (unpaired) electrons. The van der Waals surface area contributed by atoms with Gasteiger partial charge in [-0.3, -0.25) is 4.98 Å². The van der Waals surface area contributed by atoms with Crippen LogP contribution in [0.4, 0.5) is 0 Å². The highest BCUT2D eigenvalue weighted by molar-refractivity contribution is 9.10. The highest BCUT2D eigenvalue weighted by Gasteiger charge is 2.02. The summed E-state index contributed by atoms with van der Waals surface area (Å²) in [5.41, 5.74) is 6.69. The minimum Gasteiger partial charge on any atom is -0.330 e. The molecule has 0 aliphatic rings. The lowest BCUT2D eigenvalue weighted by molar-refractivity contribution is 0.768. The molecule has 1 aromatic heterocycles. The third kappa shape index (κ3) is 2.27. The molecule has 0 fully saturated rings. The van der Waals surface area contributed by atoms with Crippen molar-refractivity contribution in [3.63, 3.8) is 0 Å². The fourth-order valence-corrected chi connectivity index (χ4v) is 1.22. The molecule has 11 heavy (non-hydrogen) atoms. The lowest BCUT2D eigenvalue weighted by Gasteiger charge is -2.07. The van der Waals surface area contributed by atoms with Crippen molar-refractivity contribution in [1.29, 1.82) is 0 Å². The van der Waals surface area contributed by atoms with Gasteiger partial charge in [-0.25, -0.2) is 0 Å². The average Bonchev–Trinajstić information content (AvgIpc) is 2.03. The van der Waals surface area contributed by atoms with E-state index in [2.05, 4.69) is 27.8 Å². The van der Waals surface area contributed by atoms with Crippen LogP contribution in [0.5, 0.6) is 0 Å². The van der Waals surface area contributed by atoms with E-state index in [4.69, 9.17) is 5.73 Å². The van der Waals surface area contributed by atoms with Gasteiger partial charge in [-0.15, -0.1) is 0 Å². The summed E-state index contributed by atoms with van der Waals surface area (Å²) in [7, 11) is 0. The van der Waals surface area contributed by atoms with Crippen molar-refractivity contribution < 1.29 is 0 Å². The summed E-state index contributed by atoms with van der Waals surface area (Å²) >= 11 is 3.36. The van der Waals surface area contributed by atoms with Crippen LogP contribution in [-0.4, -0.2) is 11.5 Å². The topological polar surface area (TPSA) is 38.9 Å². The van der Waals surface area contributed by atoms with E-state index in [1.54, 1.807) is 6.20 Å². The van der Waals surface area contributed by atoms with Crippen molar-refractivity contribution in [2.75, 3.05) is 6.54 Å². The minimum atomic E-state index is 0.389. The molecule has 0 saturated carbocycles. The quantitative estimate of drug-likeness (QED) is 0.818. The van der Waals surface area contributed by atoms with Crippen LogP contribution in [0.15, 0.2) is 22.9 Å². The average molecular weight is 215 g/mol. The number of aromatic nitrogens is 1. The summed E-state index contributed by atoms with van der Waals surface area (Å²) in [6.45, 7) is 2.75. The van der Waals surface area contributed by atoms with Crippen molar-refractivity contribution in [3.05, 3.63) is 28.5 Å². The van der Waals surface area contributed by atoms with Gasteiger partial charge in [0.1, 0.15) is 0 Å². The maximum atomic E-state index is 5.51. The van der Waals surface area contributed by atoms with E-state index in [-0.39, 0.29) is 0 Å². The van der Waals surface area contributed by atoms with E-state index in [9.17, 15) is 0 Å². The molecule has 60 valence electrons. The van der Waals surface area contributed by atoms with Crippen LogP contribution >= 0.6 is 15.9 Å². The van der Waals surface area contributed by atoms with Gasteiger partial charge < -0.3 is 5.73 Å². The zero-order valence-electron chi connectivity index (χ0n) is 6.42. The number of hydrogen-bond donors (Lipinski definition) is 1. The summed E-state index contributed by atoms with van der Waals surface area (Å²) in [5, 5.41) is 0. The zero-order chi connectivity index (χ0) is 8.27. The monoisotopic (exact) mass is 214 g/mol. The maximum absolute atomic E-state index is 5.51. The molecule has 3 heteroatoms. The van der Waals surface area contributed by atoms with Crippen LogP contribution < -0.4 is 5.73 Å². The van der Waals surface area contributed by atoms with Gasteiger partial charge in [0.2, 0.25) is 0 Å². The van der Waals surface area contributed by atoms with Gasteiger partial charge in [0, 0.05) is 16.9 Å². The first-order valence-corrected chi connectivity index (χ1v) is 4.34. The standard InChI is InChI=1S/C8H11BrN2/c1-6(3-10)7-2-8(9)5-11-4-7/h2,4-6H,3,10H2,1H3. The lowest BCUT2D eigenvalue weighted by Crippen LogP contribution is -2.08. The second kappa shape index (κ2) is 3.83. The van der Waals surface area contributed by atoms with E-state index < -0.39 is 0 Å². The Balaban J connectivity index is 2.86. The van der Waals surface area contributed by atoms with Crippen molar-refractivity contribution >= 4 is 15.9 Å². The summed E-state index contributed by atoms with van der Waals surface area (Å²) in [4.78, 5) is 4.05. The van der Waals surface area contributed by atoms with Gasteiger partial charge in [0.15, 0.2) is 0 Å². The first kappa shape index (κ1) is 8.68. The Morgan fingerprint density at radius 3 is 2.91 bits per heavy atom. The second-order valence-electron chi connectivity index (χ2n) is 2.57. The van der Waals surface area contributed by atoms with Crippen molar-refractivity contribution in [1.82, 2.24) is 4.98 Å². The lowest BCUT2D eigenvalue weighted by atomic mass is 10.0. The number of halogens is 1. The number of hydrogen-bond acceptors (Lipinski definition) is 2. The van der Waals surface area contributed by atoms with Crippen LogP contribution in [0.25, 0.3) is 0 Å². The third-order valence-electron chi connectivity index (χ3n) is 1.65. The second-order valence-corrected chi connectivity index (χ2v) is 3.49. The predicted molar refractivity (Wildman–Crippen MR) is 49.4 cm³/mol. The molecule has 0 aliphatic heterocycles. The molecular formula is C8H11BrN2. The highest BCUT2D eigenvalue weighted by atomic mass is 79.9. The maximum Gasteiger partial charge on any atom is 0.0410 e. The Bertz CT molecular complexity index is 237. The molecule has 0 aliphatic carbocycles. The van der Waals surface area contributed by atoms with Gasteiger partial charge >= 0.3 is 0 Å². The van der Waals surface area contributed by atoms with Crippen LogP contribution in [0.1, 0.15) is 18.4 Å². The van der Waals surface area contributed by atoms with E-state index in [1.807, 2.05) is 12.3 Å². The largest absolute Gasteiger partial charge is 0.330 e. The Kier molecular flexibility index (Phi) is 3.02. The van der Waals surface area contributed by atoms with Gasteiger partial charge in [-0.05, 0) is 40.0 Å². The summed E-state index contributed by atoms with van der Waals surface area (Å²) in [5.74, 6) is 0.389. The number of pyridine rings is 1. The first-order valence-electron chi connectivity index (χ1n) is 3.54. The van der Waals surface area contributed by atoms with Crippen molar-refractivity contribution in [2.45, 2.75) is 12.8 Å². The van der Waals surface area contributed by atoms with Gasteiger partial charge in [0.25, 0.3) is 0 Å². The van der Waals surface area contributed by atoms with Crippen molar-refractivity contribution in [2.24, 2.45) is 5.73 Å². The van der Waals surface area contributed by atoms with E-state index in [0.717, 1.165) is 4.47 Å². The highest BCUT2D eigenvalue weighted by Crippen LogP contribution is 2.16. The van der Waals surface area contributed by atoms with E-state index >= 15 is 0 Å². The Labute approximate surface area is 75.0 Å². The van der Waals surface area contributed by atoms with Crippen LogP contribution in [0, 0.1) is 0 Å². The Morgan fingerprint density at radius 1 is 1.64 bits per heavy atom. The molecule has 1 aromatic rings. The fraction of sp³-hybridized carbons (Fsp3) is 0.375. The number of rotatable bonds is 2. The molecule has 0 spiro atoms. The summed E-state index contributed by atoms with van der Waals surface area (Å²) in [6.07, 6.45) is 3.62. The minimum absolute atomic E-state index is 0.389. The van der Waals surface area contributed by atoms with Gasteiger partial charge in [-0.1, -0.05) is 6.92 Å². The van der Waals surface area contributed by atoms with E-state index in [0.29, 0.717) is 12.5 Å². The molecule has 0 aromatic carbocycles. The van der Waals surface area contributed by atoms with Crippen LogP contribution in [-0.2, 0) is 0 Å². The molecule has 0 saturated heterocycles. The van der Waals surface area contributed by atoms with Crippen LogP contribution in [0.2, 0.25) is 0 Å². The van der Waals surface area contributed by atoms with Crippen LogP contribution in [0.3, 0.4) is 0 Å². The molecule has 1 unspecified atom stereocenters. The molecule has 0 bridgehead atoms. The summed E-state index contributed by atoms with van der Waals surface area (Å²) < 4.78 is 1.01. The fourth-order valence-electron chi connectivity index (χ4n) is 0.834. The molecular weight excluding hydrogens is 204 g/mol. The van der Waals surface area contributed by atoms with E-state index in [1.165, 1.54) is 5.56 Å². The molecule has 1 heterocycles. The van der Waals surface area contributed by atoms with Crippen molar-refractivity contribution in [3.8, 4) is 0 Å². The third-order valence-corrected chi connectivity index (χ3v) is 2.08. The number of nitrogens with zero attached hydrogens (tertiary/aromatic N) is 1. The molecule has 0 amide bonds. The molecule has 1 atom stereocenters. The SMILES string of the molecule is CC(CN)c1cncc(Br)c1. The Morgan fingerprint density at radius 2 is 2.36 bits per heavy atom. The molecule has 1 rings (SSSR count). The smallest absolute Gasteiger partial charge is 0.0410 e. The number of nitrogens with two attached hydrogens (primary N) is 1. The molecule has 2 N–H and O–H groups in total. The zero-order valence-corrected chi connectivity index (χ0v) is 8.01. The normalized spacial score (nSPS) is 13.0. The first-order chi connectivity index (χ1) is 5.24. The van der Waals surface area contributed by atoms with Gasteiger partial charge in [-0.2, -0.15) is 0 Å². The molecule has 2 nitrogen and oxygen atoms in total. The summed E-state index contributed by atoms with van der Waals surface area (Å²) in [6, 6.07) is 2.05. The Hall–Kier alpha value is -0.410. The van der Waals surface area contributed by atoms with Gasteiger partial charge in [0.05, 0.1) is 0 Å².